The van der Waals surface area contributed by atoms with Crippen LogP contribution in [0.2, 0.25) is 0 Å². The maximum atomic E-state index is 15.7. The van der Waals surface area contributed by atoms with Crippen LogP contribution in [0, 0.1) is 5.82 Å². The number of aromatic nitrogens is 1. The molecule has 1 aromatic heterocycles. The lowest BCUT2D eigenvalue weighted by atomic mass is 9.93. The van der Waals surface area contributed by atoms with Crippen molar-refractivity contribution in [3.05, 3.63) is 71.2 Å². The van der Waals surface area contributed by atoms with Crippen LogP contribution < -0.4 is 5.32 Å². The van der Waals surface area contributed by atoms with Gasteiger partial charge >= 0.3 is 0 Å². The van der Waals surface area contributed by atoms with Gasteiger partial charge in [-0.3, -0.25) is 9.78 Å². The number of rotatable bonds is 5. The van der Waals surface area contributed by atoms with Gasteiger partial charge in [-0.2, -0.15) is 0 Å². The van der Waals surface area contributed by atoms with E-state index in [1.54, 1.807) is 37.4 Å². The molecular weight excluding hydrogens is 422 g/mol. The Bertz CT molecular complexity index is 1170. The Morgan fingerprint density at radius 2 is 1.94 bits per heavy atom. The van der Waals surface area contributed by atoms with E-state index in [0.717, 1.165) is 6.07 Å². The molecule has 1 fully saturated rings. The first-order valence-corrected chi connectivity index (χ1v) is 10.4. The molecule has 2 aromatic carbocycles. The smallest absolute Gasteiger partial charge is 0.266 e. The summed E-state index contributed by atoms with van der Waals surface area (Å²) < 4.78 is 56.4. The summed E-state index contributed by atoms with van der Waals surface area (Å²) in [6.45, 7) is 3.42. The summed E-state index contributed by atoms with van der Waals surface area (Å²) in [5, 5.41) is 3.78. The number of pyridine rings is 1. The van der Waals surface area contributed by atoms with Crippen LogP contribution in [0.1, 0.15) is 49.4 Å². The molecule has 2 heterocycles. The molecule has 1 saturated heterocycles. The average Bonchev–Trinajstić information content (AvgIpc) is 3.17. The third-order valence-corrected chi connectivity index (χ3v) is 6.06. The third kappa shape index (κ3) is 4.01. The van der Waals surface area contributed by atoms with Crippen molar-refractivity contribution in [3.63, 3.8) is 0 Å². The first kappa shape index (κ1) is 22.0. The molecule has 0 saturated carbocycles. The summed E-state index contributed by atoms with van der Waals surface area (Å²) in [5.74, 6) is -1.12. The number of halogens is 4. The molecule has 0 spiro atoms. The van der Waals surface area contributed by atoms with E-state index >= 15 is 4.39 Å². The number of alkyl halides is 3. The second kappa shape index (κ2) is 8.41. The number of hydrogen-bond acceptors (Lipinski definition) is 3. The monoisotopic (exact) mass is 445 g/mol. The summed E-state index contributed by atoms with van der Waals surface area (Å²) in [6, 6.07) is 10.0. The normalized spacial score (nSPS) is 19.5. The zero-order valence-electron chi connectivity index (χ0n) is 17.7. The van der Waals surface area contributed by atoms with Gasteiger partial charge < -0.3 is 10.2 Å². The molecule has 3 aromatic rings. The van der Waals surface area contributed by atoms with E-state index in [0.29, 0.717) is 28.7 Å². The van der Waals surface area contributed by atoms with Crippen molar-refractivity contribution in [1.82, 2.24) is 9.88 Å². The van der Waals surface area contributed by atoms with Crippen molar-refractivity contribution in [3.8, 4) is 0 Å². The fourth-order valence-corrected chi connectivity index (χ4v) is 4.21. The molecule has 0 unspecified atom stereocenters. The number of hydrogen-bond donors (Lipinski definition) is 1. The highest BCUT2D eigenvalue weighted by atomic mass is 19.3. The van der Waals surface area contributed by atoms with E-state index in [2.05, 4.69) is 10.3 Å². The van der Waals surface area contributed by atoms with Crippen LogP contribution in [0.3, 0.4) is 0 Å². The highest BCUT2D eigenvalue weighted by Crippen LogP contribution is 2.39. The van der Waals surface area contributed by atoms with Crippen LogP contribution >= 0.6 is 0 Å². The standard InChI is InChI=1S/C24H23F4N3O/c1-14(17-4-3-5-18(22(17)25)23(26)27)30-21-8-10-29-20-7-6-16(12-19(20)21)24(28)9-11-31(13-24)15(2)32/h3-8,10,12,14,23H,9,11,13H2,1-2H3,(H,29,30)/t14-,24-/m1/s1. The third-order valence-electron chi connectivity index (χ3n) is 6.06. The zero-order valence-corrected chi connectivity index (χ0v) is 17.7. The first-order valence-electron chi connectivity index (χ1n) is 10.4. The number of carbonyl (C=O) groups excluding carboxylic acids is 1. The largest absolute Gasteiger partial charge is 0.378 e. The predicted molar refractivity (Wildman–Crippen MR) is 115 cm³/mol. The van der Waals surface area contributed by atoms with E-state index in [1.807, 2.05) is 0 Å². The van der Waals surface area contributed by atoms with Crippen molar-refractivity contribution >= 4 is 22.5 Å². The lowest BCUT2D eigenvalue weighted by Gasteiger charge is -2.22. The number of anilines is 1. The van der Waals surface area contributed by atoms with Gasteiger partial charge in [-0.25, -0.2) is 17.6 Å². The molecule has 0 aliphatic carbocycles. The summed E-state index contributed by atoms with van der Waals surface area (Å²) >= 11 is 0. The van der Waals surface area contributed by atoms with Crippen molar-refractivity contribution < 1.29 is 22.4 Å². The van der Waals surface area contributed by atoms with Gasteiger partial charge in [0.05, 0.1) is 23.7 Å². The minimum atomic E-state index is -2.91. The van der Waals surface area contributed by atoms with E-state index in [9.17, 15) is 18.0 Å². The molecule has 1 aliphatic heterocycles. The van der Waals surface area contributed by atoms with E-state index in [1.165, 1.54) is 24.0 Å². The van der Waals surface area contributed by atoms with E-state index in [4.69, 9.17) is 0 Å². The van der Waals surface area contributed by atoms with Crippen molar-refractivity contribution in [2.24, 2.45) is 0 Å². The Hall–Kier alpha value is -3.16. The highest BCUT2D eigenvalue weighted by Gasteiger charge is 2.41. The number of fused-ring (bicyclic) bond motifs is 1. The maximum absolute atomic E-state index is 15.7. The van der Waals surface area contributed by atoms with Crippen LogP contribution in [-0.4, -0.2) is 28.9 Å². The molecule has 2 atom stereocenters. The van der Waals surface area contributed by atoms with Crippen LogP contribution in [0.4, 0.5) is 23.2 Å². The second-order valence-corrected chi connectivity index (χ2v) is 8.16. The molecule has 168 valence electrons. The lowest BCUT2D eigenvalue weighted by Crippen LogP contribution is -2.30. The number of likely N-dealkylation sites (tertiary alicyclic amines) is 1. The highest BCUT2D eigenvalue weighted by molar-refractivity contribution is 5.92. The second-order valence-electron chi connectivity index (χ2n) is 8.16. The quantitative estimate of drug-likeness (QED) is 0.497. The molecule has 8 heteroatoms. The Kier molecular flexibility index (Phi) is 5.79. The van der Waals surface area contributed by atoms with Crippen molar-refractivity contribution in [2.75, 3.05) is 18.4 Å². The van der Waals surface area contributed by atoms with Gasteiger partial charge in [0.25, 0.3) is 6.43 Å². The molecule has 0 bridgehead atoms. The topological polar surface area (TPSA) is 45.2 Å². The van der Waals surface area contributed by atoms with Gasteiger partial charge in [-0.15, -0.1) is 0 Å². The van der Waals surface area contributed by atoms with Crippen LogP contribution in [0.25, 0.3) is 10.9 Å². The predicted octanol–water partition coefficient (Wildman–Crippen LogP) is 5.90. The summed E-state index contributed by atoms with van der Waals surface area (Å²) in [7, 11) is 0. The summed E-state index contributed by atoms with van der Waals surface area (Å²) in [4.78, 5) is 17.4. The van der Waals surface area contributed by atoms with Crippen LogP contribution in [-0.2, 0) is 10.5 Å². The van der Waals surface area contributed by atoms with Gasteiger partial charge in [0.2, 0.25) is 5.91 Å². The molecule has 1 N–H and O–H groups in total. The molecule has 4 rings (SSSR count). The fraction of sp³-hybridized carbons (Fsp3) is 0.333. The fourth-order valence-electron chi connectivity index (χ4n) is 4.21. The number of carbonyl (C=O) groups is 1. The van der Waals surface area contributed by atoms with Gasteiger partial charge in [0, 0.05) is 42.7 Å². The lowest BCUT2D eigenvalue weighted by molar-refractivity contribution is -0.128. The van der Waals surface area contributed by atoms with E-state index in [-0.39, 0.29) is 24.4 Å². The summed E-state index contributed by atoms with van der Waals surface area (Å²) in [6.07, 6.45) is -1.14. The molecule has 1 amide bonds. The number of amides is 1. The first-order chi connectivity index (χ1) is 15.2. The maximum Gasteiger partial charge on any atom is 0.266 e. The SMILES string of the molecule is CC(=O)N1CC[C@](F)(c2ccc3nccc(N[C@H](C)c4cccc(C(F)F)c4F)c3c2)C1. The minimum absolute atomic E-state index is 0.0150. The number of nitrogens with one attached hydrogen (secondary N) is 1. The van der Waals surface area contributed by atoms with Gasteiger partial charge in [0.15, 0.2) is 5.67 Å². The molecule has 0 radical (unpaired) electrons. The van der Waals surface area contributed by atoms with Gasteiger partial charge in [0.1, 0.15) is 5.82 Å². The van der Waals surface area contributed by atoms with E-state index < -0.39 is 29.5 Å². The molecular formula is C24H23F4N3O. The van der Waals surface area contributed by atoms with Crippen molar-refractivity contribution in [2.45, 2.75) is 38.4 Å². The number of nitrogens with zero attached hydrogens (tertiary/aromatic N) is 2. The average molecular weight is 445 g/mol. The van der Waals surface area contributed by atoms with Gasteiger partial charge in [-0.1, -0.05) is 24.3 Å². The summed E-state index contributed by atoms with van der Waals surface area (Å²) in [5.41, 5.74) is -0.583. The Morgan fingerprint density at radius 1 is 1.19 bits per heavy atom. The van der Waals surface area contributed by atoms with Crippen LogP contribution in [0.5, 0.6) is 0 Å². The van der Waals surface area contributed by atoms with Crippen molar-refractivity contribution in [1.29, 1.82) is 0 Å². The van der Waals surface area contributed by atoms with Crippen LogP contribution in [0.15, 0.2) is 48.7 Å². The Balaban J connectivity index is 1.68. The zero-order chi connectivity index (χ0) is 23.0. The Morgan fingerprint density at radius 3 is 2.62 bits per heavy atom. The minimum Gasteiger partial charge on any atom is -0.378 e. The van der Waals surface area contributed by atoms with Gasteiger partial charge in [-0.05, 0) is 30.7 Å². The molecule has 1 aliphatic rings. The number of benzene rings is 2. The molecule has 32 heavy (non-hydrogen) atoms. The Labute approximate surface area is 183 Å². The molecule has 4 nitrogen and oxygen atoms in total.